The molecule has 1 atom stereocenters. The molecule has 3 rings (SSSR count). The first-order chi connectivity index (χ1) is 11.4. The van der Waals surface area contributed by atoms with E-state index in [2.05, 4.69) is 9.97 Å². The van der Waals surface area contributed by atoms with Crippen LogP contribution in [0, 0.1) is 0 Å². The molecular weight excluding hydrogens is 323 g/mol. The average Bonchev–Trinajstić information content (AvgIpc) is 3.03. The van der Waals surface area contributed by atoms with Crippen molar-refractivity contribution in [3.05, 3.63) is 53.9 Å². The number of benzene rings is 1. The minimum absolute atomic E-state index is 0.0152. The first-order valence-corrected chi connectivity index (χ1v) is 7.34. The van der Waals surface area contributed by atoms with Crippen LogP contribution in [0.25, 0.3) is 0 Å². The topological polar surface area (TPSA) is 55.3 Å². The summed E-state index contributed by atoms with van der Waals surface area (Å²) in [6.07, 6.45) is -1.09. The molecule has 1 aliphatic rings. The summed E-state index contributed by atoms with van der Waals surface area (Å²) in [6.45, 7) is 0.694. The second-order valence-electron chi connectivity index (χ2n) is 5.39. The predicted molar refractivity (Wildman–Crippen MR) is 78.4 cm³/mol. The molecule has 0 saturated carbocycles. The summed E-state index contributed by atoms with van der Waals surface area (Å²) in [5.41, 5.74) is -0.820. The molecule has 0 aliphatic carbocycles. The van der Waals surface area contributed by atoms with Gasteiger partial charge >= 0.3 is 12.2 Å². The van der Waals surface area contributed by atoms with E-state index in [1.165, 1.54) is 17.0 Å². The van der Waals surface area contributed by atoms with Gasteiger partial charge in [-0.15, -0.1) is 0 Å². The number of carbonyl (C=O) groups is 1. The van der Waals surface area contributed by atoms with Gasteiger partial charge in [0.15, 0.2) is 0 Å². The fraction of sp³-hybridized carbons (Fsp3) is 0.312. The van der Waals surface area contributed by atoms with E-state index in [0.29, 0.717) is 13.0 Å². The summed E-state index contributed by atoms with van der Waals surface area (Å²) >= 11 is 0. The largest absolute Gasteiger partial charge is 0.458 e. The van der Waals surface area contributed by atoms with Crippen molar-refractivity contribution in [3.8, 4) is 6.01 Å². The molecule has 1 aliphatic heterocycles. The molecule has 0 radical (unpaired) electrons. The van der Waals surface area contributed by atoms with E-state index >= 15 is 0 Å². The third-order valence-corrected chi connectivity index (χ3v) is 3.68. The summed E-state index contributed by atoms with van der Waals surface area (Å²) in [7, 11) is 0. The Morgan fingerprint density at radius 3 is 2.67 bits per heavy atom. The van der Waals surface area contributed by atoms with Gasteiger partial charge in [-0.3, -0.25) is 4.79 Å². The Morgan fingerprint density at radius 2 is 1.96 bits per heavy atom. The minimum atomic E-state index is -4.47. The molecule has 1 aromatic carbocycles. The third-order valence-electron chi connectivity index (χ3n) is 3.68. The molecule has 24 heavy (non-hydrogen) atoms. The highest BCUT2D eigenvalue weighted by Crippen LogP contribution is 2.30. The summed E-state index contributed by atoms with van der Waals surface area (Å²) in [6, 6.07) is 6.31. The molecule has 1 amide bonds. The van der Waals surface area contributed by atoms with Crippen molar-refractivity contribution < 1.29 is 22.7 Å². The van der Waals surface area contributed by atoms with Gasteiger partial charge in [0, 0.05) is 30.9 Å². The summed E-state index contributed by atoms with van der Waals surface area (Å²) < 4.78 is 43.8. The lowest BCUT2D eigenvalue weighted by molar-refractivity contribution is -0.137. The average molecular weight is 337 g/mol. The Balaban J connectivity index is 1.66. The molecule has 1 aromatic heterocycles. The second-order valence-corrected chi connectivity index (χ2v) is 5.39. The first kappa shape index (κ1) is 16.2. The molecule has 126 valence electrons. The molecule has 0 N–H and O–H groups in total. The normalized spacial score (nSPS) is 17.8. The van der Waals surface area contributed by atoms with Gasteiger partial charge < -0.3 is 9.64 Å². The second kappa shape index (κ2) is 6.46. The summed E-state index contributed by atoms with van der Waals surface area (Å²) in [4.78, 5) is 21.8. The van der Waals surface area contributed by atoms with Crippen LogP contribution in [0.15, 0.2) is 42.7 Å². The van der Waals surface area contributed by atoms with Crippen molar-refractivity contribution in [2.45, 2.75) is 18.7 Å². The Bertz CT molecular complexity index is 722. The molecular formula is C16H14F3N3O2. The Kier molecular flexibility index (Phi) is 4.37. The molecule has 8 heteroatoms. The van der Waals surface area contributed by atoms with E-state index in [9.17, 15) is 18.0 Å². The molecule has 1 unspecified atom stereocenters. The summed E-state index contributed by atoms with van der Waals surface area (Å²) in [5, 5.41) is 0. The van der Waals surface area contributed by atoms with Crippen LogP contribution in [0.2, 0.25) is 0 Å². The van der Waals surface area contributed by atoms with Crippen LogP contribution in [0.4, 0.5) is 13.2 Å². The molecule has 5 nitrogen and oxygen atoms in total. The maximum Gasteiger partial charge on any atom is 0.416 e. The Morgan fingerprint density at radius 1 is 1.21 bits per heavy atom. The van der Waals surface area contributed by atoms with Gasteiger partial charge in [0.05, 0.1) is 12.1 Å². The highest BCUT2D eigenvalue weighted by Gasteiger charge is 2.33. The lowest BCUT2D eigenvalue weighted by Crippen LogP contribution is -2.31. The Hall–Kier alpha value is -2.64. The number of amides is 1. The molecule has 0 spiro atoms. The van der Waals surface area contributed by atoms with E-state index in [1.54, 1.807) is 18.5 Å². The smallest absolute Gasteiger partial charge is 0.416 e. The van der Waals surface area contributed by atoms with Crippen LogP contribution in [-0.4, -0.2) is 40.0 Å². The maximum atomic E-state index is 12.8. The third kappa shape index (κ3) is 3.64. The number of ether oxygens (including phenoxy) is 1. The fourth-order valence-corrected chi connectivity index (χ4v) is 2.52. The van der Waals surface area contributed by atoms with Crippen LogP contribution in [0.1, 0.15) is 22.3 Å². The highest BCUT2D eigenvalue weighted by molar-refractivity contribution is 5.94. The van der Waals surface area contributed by atoms with E-state index in [4.69, 9.17) is 4.74 Å². The number of hydrogen-bond acceptors (Lipinski definition) is 4. The number of hydrogen-bond donors (Lipinski definition) is 0. The number of rotatable bonds is 3. The molecule has 0 bridgehead atoms. The van der Waals surface area contributed by atoms with Gasteiger partial charge in [-0.05, 0) is 24.3 Å². The number of alkyl halides is 3. The van der Waals surface area contributed by atoms with Crippen LogP contribution in [0.5, 0.6) is 6.01 Å². The van der Waals surface area contributed by atoms with Gasteiger partial charge in [0.2, 0.25) is 0 Å². The number of aromatic nitrogens is 2. The zero-order valence-electron chi connectivity index (χ0n) is 12.5. The van der Waals surface area contributed by atoms with Crippen molar-refractivity contribution in [3.63, 3.8) is 0 Å². The monoisotopic (exact) mass is 337 g/mol. The van der Waals surface area contributed by atoms with Gasteiger partial charge in [-0.1, -0.05) is 6.07 Å². The van der Waals surface area contributed by atoms with Gasteiger partial charge in [-0.25, -0.2) is 9.97 Å². The maximum absolute atomic E-state index is 12.8. The van der Waals surface area contributed by atoms with Crippen molar-refractivity contribution in [1.82, 2.24) is 14.9 Å². The molecule has 2 aromatic rings. The first-order valence-electron chi connectivity index (χ1n) is 7.34. The quantitative estimate of drug-likeness (QED) is 0.864. The van der Waals surface area contributed by atoms with E-state index < -0.39 is 17.6 Å². The van der Waals surface area contributed by atoms with E-state index in [1.807, 2.05) is 0 Å². The van der Waals surface area contributed by atoms with Gasteiger partial charge in [0.25, 0.3) is 5.91 Å². The molecule has 1 fully saturated rings. The van der Waals surface area contributed by atoms with Crippen LogP contribution < -0.4 is 4.74 Å². The van der Waals surface area contributed by atoms with Gasteiger partial charge in [-0.2, -0.15) is 13.2 Å². The SMILES string of the molecule is O=C(c1cccc(C(F)(F)F)c1)N1CCC(Oc2ncccn2)C1. The number of likely N-dealkylation sites (tertiary alicyclic amines) is 1. The summed E-state index contributed by atoms with van der Waals surface area (Å²) in [5.74, 6) is -0.443. The fourth-order valence-electron chi connectivity index (χ4n) is 2.52. The van der Waals surface area contributed by atoms with Crippen molar-refractivity contribution in [1.29, 1.82) is 0 Å². The van der Waals surface area contributed by atoms with Crippen LogP contribution in [-0.2, 0) is 6.18 Å². The van der Waals surface area contributed by atoms with E-state index in [0.717, 1.165) is 12.1 Å². The van der Waals surface area contributed by atoms with Crippen molar-refractivity contribution in [2.24, 2.45) is 0 Å². The highest BCUT2D eigenvalue weighted by atomic mass is 19.4. The van der Waals surface area contributed by atoms with Crippen molar-refractivity contribution in [2.75, 3.05) is 13.1 Å². The standard InChI is InChI=1S/C16H14F3N3O2/c17-16(18,19)12-4-1-3-11(9-12)14(23)22-8-5-13(10-22)24-15-20-6-2-7-21-15/h1-4,6-7,9,13H,5,8,10H2. The predicted octanol–water partition coefficient (Wildman–Crippen LogP) is 2.79. The lowest BCUT2D eigenvalue weighted by atomic mass is 10.1. The van der Waals surface area contributed by atoms with Crippen LogP contribution in [0.3, 0.4) is 0 Å². The van der Waals surface area contributed by atoms with E-state index in [-0.39, 0.29) is 24.2 Å². The molecule has 1 saturated heterocycles. The number of nitrogens with zero attached hydrogens (tertiary/aromatic N) is 3. The molecule has 2 heterocycles. The minimum Gasteiger partial charge on any atom is -0.458 e. The number of carbonyl (C=O) groups excluding carboxylic acids is 1. The number of halogens is 3. The lowest BCUT2D eigenvalue weighted by Gasteiger charge is -2.17. The zero-order chi connectivity index (χ0) is 17.2. The van der Waals surface area contributed by atoms with Gasteiger partial charge in [0.1, 0.15) is 6.10 Å². The zero-order valence-corrected chi connectivity index (χ0v) is 12.5. The Labute approximate surface area is 136 Å². The van der Waals surface area contributed by atoms with Crippen molar-refractivity contribution >= 4 is 5.91 Å². The van der Waals surface area contributed by atoms with Crippen LogP contribution >= 0.6 is 0 Å².